The van der Waals surface area contributed by atoms with Crippen LogP contribution in [0.4, 0.5) is 0 Å². The third kappa shape index (κ3) is 2.47. The van der Waals surface area contributed by atoms with Gasteiger partial charge in [-0.05, 0) is 37.1 Å². The minimum atomic E-state index is 0.151. The lowest BCUT2D eigenvalue weighted by atomic mass is 10.1. The summed E-state index contributed by atoms with van der Waals surface area (Å²) >= 11 is 0. The Balaban J connectivity index is 2.03. The summed E-state index contributed by atoms with van der Waals surface area (Å²) in [7, 11) is 0. The van der Waals surface area contributed by atoms with E-state index >= 15 is 0 Å². The Hall–Kier alpha value is -1.22. The topological polar surface area (TPSA) is 33.2 Å². The second-order valence-electron chi connectivity index (χ2n) is 4.29. The van der Waals surface area contributed by atoms with E-state index in [-0.39, 0.29) is 6.04 Å². The van der Waals surface area contributed by atoms with Gasteiger partial charge in [-0.25, -0.2) is 0 Å². The number of ketones is 1. The van der Waals surface area contributed by atoms with Crippen LogP contribution in [0.2, 0.25) is 0 Å². The van der Waals surface area contributed by atoms with Gasteiger partial charge in [0, 0.05) is 25.4 Å². The molecule has 0 radical (unpaired) electrons. The molecule has 2 rings (SSSR count). The molecule has 0 saturated heterocycles. The Morgan fingerprint density at radius 1 is 1.44 bits per heavy atom. The average molecular weight is 218 g/mol. The van der Waals surface area contributed by atoms with Gasteiger partial charge < -0.3 is 0 Å². The van der Waals surface area contributed by atoms with E-state index in [2.05, 4.69) is 16.8 Å². The summed E-state index contributed by atoms with van der Waals surface area (Å²) in [6.45, 7) is 3.90. The van der Waals surface area contributed by atoms with Gasteiger partial charge in [-0.2, -0.15) is 0 Å². The van der Waals surface area contributed by atoms with Crippen molar-refractivity contribution < 1.29 is 4.79 Å². The van der Waals surface area contributed by atoms with Crippen molar-refractivity contribution in [3.05, 3.63) is 30.1 Å². The van der Waals surface area contributed by atoms with Crippen LogP contribution in [0.5, 0.6) is 0 Å². The smallest absolute Gasteiger partial charge is 0.149 e. The molecule has 1 fully saturated rings. The number of likely N-dealkylation sites (N-methyl/N-ethyl adjacent to an activating group) is 1. The molecule has 1 atom stereocenters. The summed E-state index contributed by atoms with van der Waals surface area (Å²) < 4.78 is 0. The van der Waals surface area contributed by atoms with Gasteiger partial charge in [0.25, 0.3) is 0 Å². The number of nitrogens with zero attached hydrogens (tertiary/aromatic N) is 2. The lowest BCUT2D eigenvalue weighted by Crippen LogP contribution is -2.37. The van der Waals surface area contributed by atoms with E-state index in [0.29, 0.717) is 5.78 Å². The molecule has 1 aliphatic carbocycles. The number of carbonyl (C=O) groups is 1. The first kappa shape index (κ1) is 11.3. The average Bonchev–Trinajstić information content (AvgIpc) is 2.74. The van der Waals surface area contributed by atoms with Gasteiger partial charge in [-0.15, -0.1) is 0 Å². The molecule has 0 bridgehead atoms. The number of pyridine rings is 1. The maximum Gasteiger partial charge on any atom is 0.149 e. The molecule has 3 heteroatoms. The highest BCUT2D eigenvalue weighted by Gasteiger charge is 2.29. The summed E-state index contributed by atoms with van der Waals surface area (Å²) in [6, 6.07) is 4.18. The zero-order valence-corrected chi connectivity index (χ0v) is 9.72. The largest absolute Gasteiger partial charge is 0.298 e. The Kier molecular flexibility index (Phi) is 3.67. The number of Topliss-reactive ketones (excluding diaryl/α,β-unsaturated/α-hetero) is 1. The predicted molar refractivity (Wildman–Crippen MR) is 63.0 cm³/mol. The van der Waals surface area contributed by atoms with Gasteiger partial charge in [-0.1, -0.05) is 6.92 Å². The maximum absolute atomic E-state index is 11.7. The summed E-state index contributed by atoms with van der Waals surface area (Å²) in [5, 5.41) is 0. The minimum Gasteiger partial charge on any atom is -0.298 e. The standard InChI is InChI=1S/C13H18N2O/c1-2-15(12-4-3-5-13(12)16)10-11-6-8-14-9-7-11/h6-9,12H,2-5,10H2,1H3. The van der Waals surface area contributed by atoms with Gasteiger partial charge in [0.05, 0.1) is 6.04 Å². The van der Waals surface area contributed by atoms with E-state index < -0.39 is 0 Å². The predicted octanol–water partition coefficient (Wildman–Crippen LogP) is 2.03. The lowest BCUT2D eigenvalue weighted by molar-refractivity contribution is -0.122. The van der Waals surface area contributed by atoms with Crippen molar-refractivity contribution >= 4 is 5.78 Å². The minimum absolute atomic E-state index is 0.151. The molecule has 1 aromatic heterocycles. The van der Waals surface area contributed by atoms with Crippen LogP contribution < -0.4 is 0 Å². The number of hydrogen-bond acceptors (Lipinski definition) is 3. The van der Waals surface area contributed by atoms with Crippen LogP contribution in [0.1, 0.15) is 31.7 Å². The monoisotopic (exact) mass is 218 g/mol. The van der Waals surface area contributed by atoms with Crippen molar-refractivity contribution in [2.24, 2.45) is 0 Å². The second-order valence-corrected chi connectivity index (χ2v) is 4.29. The Morgan fingerprint density at radius 3 is 2.75 bits per heavy atom. The van der Waals surface area contributed by atoms with Crippen LogP contribution in [0.15, 0.2) is 24.5 Å². The van der Waals surface area contributed by atoms with Gasteiger partial charge in [-0.3, -0.25) is 14.7 Å². The van der Waals surface area contributed by atoms with E-state index in [9.17, 15) is 4.79 Å². The van der Waals surface area contributed by atoms with Gasteiger partial charge >= 0.3 is 0 Å². The van der Waals surface area contributed by atoms with Crippen LogP contribution in [-0.4, -0.2) is 28.3 Å². The maximum atomic E-state index is 11.7. The fourth-order valence-electron chi connectivity index (χ4n) is 2.35. The van der Waals surface area contributed by atoms with E-state index in [4.69, 9.17) is 0 Å². The first-order chi connectivity index (χ1) is 7.81. The number of carbonyl (C=O) groups excluding carboxylic acids is 1. The molecule has 16 heavy (non-hydrogen) atoms. The summed E-state index contributed by atoms with van der Waals surface area (Å²) in [6.07, 6.45) is 6.45. The molecular weight excluding hydrogens is 200 g/mol. The summed E-state index contributed by atoms with van der Waals surface area (Å²) in [5.74, 6) is 0.413. The molecule has 0 aliphatic heterocycles. The first-order valence-electron chi connectivity index (χ1n) is 5.97. The van der Waals surface area contributed by atoms with E-state index in [1.807, 2.05) is 12.1 Å². The van der Waals surface area contributed by atoms with E-state index in [1.54, 1.807) is 12.4 Å². The fraction of sp³-hybridized carbons (Fsp3) is 0.538. The molecule has 1 aromatic rings. The molecule has 1 unspecified atom stereocenters. The molecule has 0 aromatic carbocycles. The summed E-state index contributed by atoms with van der Waals surface area (Å²) in [5.41, 5.74) is 1.23. The van der Waals surface area contributed by atoms with Crippen LogP contribution in [-0.2, 0) is 11.3 Å². The van der Waals surface area contributed by atoms with Crippen LogP contribution in [0, 0.1) is 0 Å². The van der Waals surface area contributed by atoms with E-state index in [0.717, 1.165) is 32.4 Å². The van der Waals surface area contributed by atoms with Crippen molar-refractivity contribution in [2.45, 2.75) is 38.8 Å². The molecule has 0 amide bonds. The highest BCUT2D eigenvalue weighted by atomic mass is 16.1. The molecule has 0 N–H and O–H groups in total. The van der Waals surface area contributed by atoms with E-state index in [1.165, 1.54) is 5.56 Å². The molecule has 86 valence electrons. The van der Waals surface area contributed by atoms with Crippen molar-refractivity contribution in [1.29, 1.82) is 0 Å². The molecular formula is C13H18N2O. The second kappa shape index (κ2) is 5.21. The number of rotatable bonds is 4. The molecule has 1 aliphatic rings. The third-order valence-corrected chi connectivity index (χ3v) is 3.25. The quantitative estimate of drug-likeness (QED) is 0.775. The van der Waals surface area contributed by atoms with Crippen LogP contribution >= 0.6 is 0 Å². The summed E-state index contributed by atoms with van der Waals surface area (Å²) in [4.78, 5) is 18.0. The molecule has 1 heterocycles. The van der Waals surface area contributed by atoms with Crippen molar-refractivity contribution in [3.8, 4) is 0 Å². The lowest BCUT2D eigenvalue weighted by Gasteiger charge is -2.26. The molecule has 3 nitrogen and oxygen atoms in total. The van der Waals surface area contributed by atoms with Crippen LogP contribution in [0.3, 0.4) is 0 Å². The van der Waals surface area contributed by atoms with Crippen molar-refractivity contribution in [1.82, 2.24) is 9.88 Å². The van der Waals surface area contributed by atoms with Crippen LogP contribution in [0.25, 0.3) is 0 Å². The van der Waals surface area contributed by atoms with Crippen molar-refractivity contribution in [3.63, 3.8) is 0 Å². The Bertz CT molecular complexity index is 350. The Labute approximate surface area is 96.5 Å². The highest BCUT2D eigenvalue weighted by Crippen LogP contribution is 2.21. The fourth-order valence-corrected chi connectivity index (χ4v) is 2.35. The van der Waals surface area contributed by atoms with Gasteiger partial charge in [0.15, 0.2) is 0 Å². The number of aromatic nitrogens is 1. The normalized spacial score (nSPS) is 20.6. The van der Waals surface area contributed by atoms with Gasteiger partial charge in [0.2, 0.25) is 0 Å². The molecule has 1 saturated carbocycles. The zero-order valence-electron chi connectivity index (χ0n) is 9.72. The Morgan fingerprint density at radius 2 is 2.19 bits per heavy atom. The zero-order chi connectivity index (χ0) is 11.4. The van der Waals surface area contributed by atoms with Gasteiger partial charge in [0.1, 0.15) is 5.78 Å². The SMILES string of the molecule is CCN(Cc1ccncc1)C1CCCC1=O. The highest BCUT2D eigenvalue weighted by molar-refractivity contribution is 5.85. The third-order valence-electron chi connectivity index (χ3n) is 3.25. The first-order valence-corrected chi connectivity index (χ1v) is 5.97. The molecule has 0 spiro atoms. The van der Waals surface area contributed by atoms with Crippen molar-refractivity contribution in [2.75, 3.05) is 6.54 Å². The number of hydrogen-bond donors (Lipinski definition) is 0.